The molecule has 2 aliphatic rings. The van der Waals surface area contributed by atoms with Crippen molar-refractivity contribution in [2.45, 2.75) is 40.0 Å². The van der Waals surface area contributed by atoms with Crippen molar-refractivity contribution in [2.24, 2.45) is 11.8 Å². The first-order valence-corrected chi connectivity index (χ1v) is 9.46. The van der Waals surface area contributed by atoms with Gasteiger partial charge in [-0.3, -0.25) is 0 Å². The SMILES string of the molecule is Cc1cc(C)nc(N2CC3CN(c4ccc(C(C)(C)C)nn4)CC3C2)n1. The van der Waals surface area contributed by atoms with E-state index in [1.165, 1.54) is 0 Å². The van der Waals surface area contributed by atoms with Gasteiger partial charge in [-0.15, -0.1) is 5.10 Å². The van der Waals surface area contributed by atoms with Gasteiger partial charge in [-0.2, -0.15) is 5.10 Å². The van der Waals surface area contributed by atoms with Crippen molar-refractivity contribution in [1.29, 1.82) is 0 Å². The third-order valence-electron chi connectivity index (χ3n) is 5.48. The van der Waals surface area contributed by atoms with Gasteiger partial charge in [0.1, 0.15) is 0 Å². The number of hydrogen-bond acceptors (Lipinski definition) is 6. The molecule has 0 spiro atoms. The summed E-state index contributed by atoms with van der Waals surface area (Å²) in [6.45, 7) is 14.7. The Kier molecular flexibility index (Phi) is 4.09. The summed E-state index contributed by atoms with van der Waals surface area (Å²) in [5, 5.41) is 8.94. The van der Waals surface area contributed by atoms with Crippen LogP contribution in [0.25, 0.3) is 0 Å². The van der Waals surface area contributed by atoms with Crippen LogP contribution in [0.3, 0.4) is 0 Å². The van der Waals surface area contributed by atoms with Crippen LogP contribution in [0.2, 0.25) is 0 Å². The van der Waals surface area contributed by atoms with E-state index < -0.39 is 0 Å². The van der Waals surface area contributed by atoms with E-state index in [9.17, 15) is 0 Å². The minimum atomic E-state index is 0.0412. The fourth-order valence-corrected chi connectivity index (χ4v) is 4.09. The van der Waals surface area contributed by atoms with Crippen molar-refractivity contribution in [2.75, 3.05) is 36.0 Å². The zero-order valence-electron chi connectivity index (χ0n) is 16.4. The van der Waals surface area contributed by atoms with Gasteiger partial charge in [0.15, 0.2) is 5.82 Å². The van der Waals surface area contributed by atoms with E-state index in [1.807, 2.05) is 19.9 Å². The minimum Gasteiger partial charge on any atom is -0.354 e. The summed E-state index contributed by atoms with van der Waals surface area (Å²) in [7, 11) is 0. The van der Waals surface area contributed by atoms with Crippen molar-refractivity contribution in [3.8, 4) is 0 Å². The Morgan fingerprint density at radius 3 is 1.92 bits per heavy atom. The van der Waals surface area contributed by atoms with E-state index in [-0.39, 0.29) is 5.41 Å². The Balaban J connectivity index is 1.43. The number of hydrogen-bond donors (Lipinski definition) is 0. The smallest absolute Gasteiger partial charge is 0.225 e. The van der Waals surface area contributed by atoms with E-state index >= 15 is 0 Å². The first kappa shape index (κ1) is 17.2. The second kappa shape index (κ2) is 6.18. The highest BCUT2D eigenvalue weighted by Crippen LogP contribution is 2.34. The largest absolute Gasteiger partial charge is 0.354 e. The fraction of sp³-hybridized carbons (Fsp3) is 0.600. The summed E-state index contributed by atoms with van der Waals surface area (Å²) in [5.74, 6) is 3.17. The van der Waals surface area contributed by atoms with Gasteiger partial charge in [-0.25, -0.2) is 9.97 Å². The summed E-state index contributed by atoms with van der Waals surface area (Å²) >= 11 is 0. The lowest BCUT2D eigenvalue weighted by Crippen LogP contribution is -2.30. The van der Waals surface area contributed by atoms with Crippen LogP contribution < -0.4 is 9.80 Å². The molecule has 0 aromatic carbocycles. The molecule has 2 aliphatic heterocycles. The van der Waals surface area contributed by atoms with E-state index in [0.29, 0.717) is 11.8 Å². The van der Waals surface area contributed by atoms with Crippen LogP contribution in [0.1, 0.15) is 37.9 Å². The summed E-state index contributed by atoms with van der Waals surface area (Å²) < 4.78 is 0. The van der Waals surface area contributed by atoms with Gasteiger partial charge in [-0.1, -0.05) is 20.8 Å². The normalized spacial score (nSPS) is 22.8. The van der Waals surface area contributed by atoms with Gasteiger partial charge in [0, 0.05) is 54.8 Å². The van der Waals surface area contributed by atoms with Crippen molar-refractivity contribution in [3.05, 3.63) is 35.3 Å². The van der Waals surface area contributed by atoms with Gasteiger partial charge in [0.2, 0.25) is 5.95 Å². The second-order valence-corrected chi connectivity index (χ2v) is 8.81. The number of aryl methyl sites for hydroxylation is 2. The zero-order chi connectivity index (χ0) is 18.5. The van der Waals surface area contributed by atoms with Crippen molar-refractivity contribution in [3.63, 3.8) is 0 Å². The molecule has 6 heteroatoms. The van der Waals surface area contributed by atoms with Crippen LogP contribution in [0.4, 0.5) is 11.8 Å². The Labute approximate surface area is 155 Å². The molecule has 2 unspecified atom stereocenters. The molecule has 2 saturated heterocycles. The van der Waals surface area contributed by atoms with Crippen LogP contribution in [0, 0.1) is 25.7 Å². The molecule has 2 atom stereocenters. The third kappa shape index (κ3) is 3.24. The Morgan fingerprint density at radius 1 is 0.846 bits per heavy atom. The maximum Gasteiger partial charge on any atom is 0.225 e. The molecule has 0 saturated carbocycles. The van der Waals surface area contributed by atoms with Crippen LogP contribution in [-0.4, -0.2) is 46.3 Å². The third-order valence-corrected chi connectivity index (χ3v) is 5.48. The van der Waals surface area contributed by atoms with E-state index in [1.54, 1.807) is 0 Å². The first-order valence-electron chi connectivity index (χ1n) is 9.46. The quantitative estimate of drug-likeness (QED) is 0.828. The highest BCUT2D eigenvalue weighted by atomic mass is 15.3. The number of anilines is 2. The molecule has 26 heavy (non-hydrogen) atoms. The molecule has 2 fully saturated rings. The van der Waals surface area contributed by atoms with Crippen molar-refractivity contribution < 1.29 is 0 Å². The minimum absolute atomic E-state index is 0.0412. The Bertz CT molecular complexity index is 761. The molecule has 4 rings (SSSR count). The van der Waals surface area contributed by atoms with Gasteiger partial charge in [0.05, 0.1) is 5.69 Å². The Morgan fingerprint density at radius 2 is 1.42 bits per heavy atom. The van der Waals surface area contributed by atoms with E-state index in [0.717, 1.165) is 55.0 Å². The molecule has 4 heterocycles. The lowest BCUT2D eigenvalue weighted by Gasteiger charge is -2.23. The maximum absolute atomic E-state index is 4.63. The summed E-state index contributed by atoms with van der Waals surface area (Å²) in [6, 6.07) is 6.27. The molecule has 0 bridgehead atoms. The van der Waals surface area contributed by atoms with Crippen LogP contribution in [0.5, 0.6) is 0 Å². The van der Waals surface area contributed by atoms with Crippen LogP contribution >= 0.6 is 0 Å². The van der Waals surface area contributed by atoms with Gasteiger partial charge >= 0.3 is 0 Å². The molecule has 0 radical (unpaired) electrons. The lowest BCUT2D eigenvalue weighted by atomic mass is 9.92. The standard InChI is InChI=1S/C20H28N6/c1-13-8-14(2)22-19(21-13)26-11-15-9-25(10-16(15)12-26)18-7-6-17(23-24-18)20(3,4)5/h6-8,15-16H,9-12H2,1-5H3. The molecule has 0 N–H and O–H groups in total. The summed E-state index contributed by atoms with van der Waals surface area (Å²) in [5.41, 5.74) is 3.17. The second-order valence-electron chi connectivity index (χ2n) is 8.81. The topological polar surface area (TPSA) is 58.0 Å². The number of aromatic nitrogens is 4. The highest BCUT2D eigenvalue weighted by Gasteiger charge is 2.41. The molecule has 2 aromatic rings. The number of rotatable bonds is 2. The molecule has 0 amide bonds. The molecule has 138 valence electrons. The van der Waals surface area contributed by atoms with Gasteiger partial charge in [0.25, 0.3) is 0 Å². The van der Waals surface area contributed by atoms with Crippen molar-refractivity contribution in [1.82, 2.24) is 20.2 Å². The van der Waals surface area contributed by atoms with Crippen LogP contribution in [0.15, 0.2) is 18.2 Å². The summed E-state index contributed by atoms with van der Waals surface area (Å²) in [6.07, 6.45) is 0. The number of nitrogens with zero attached hydrogens (tertiary/aromatic N) is 6. The molecule has 0 aliphatic carbocycles. The monoisotopic (exact) mass is 352 g/mol. The predicted molar refractivity (Wildman–Crippen MR) is 104 cm³/mol. The Hall–Kier alpha value is -2.24. The van der Waals surface area contributed by atoms with Gasteiger partial charge in [-0.05, 0) is 32.0 Å². The number of fused-ring (bicyclic) bond motifs is 1. The highest BCUT2D eigenvalue weighted by molar-refractivity contribution is 5.43. The average molecular weight is 352 g/mol. The maximum atomic E-state index is 4.63. The first-order chi connectivity index (χ1) is 12.3. The molecule has 2 aromatic heterocycles. The fourth-order valence-electron chi connectivity index (χ4n) is 4.09. The molecular weight excluding hydrogens is 324 g/mol. The van der Waals surface area contributed by atoms with Crippen LogP contribution in [-0.2, 0) is 5.41 Å². The predicted octanol–water partition coefficient (Wildman–Crippen LogP) is 2.75. The lowest BCUT2D eigenvalue weighted by molar-refractivity contribution is 0.533. The zero-order valence-corrected chi connectivity index (χ0v) is 16.4. The molecular formula is C20H28N6. The van der Waals surface area contributed by atoms with E-state index in [2.05, 4.69) is 62.9 Å². The van der Waals surface area contributed by atoms with E-state index in [4.69, 9.17) is 0 Å². The van der Waals surface area contributed by atoms with Gasteiger partial charge < -0.3 is 9.80 Å². The summed E-state index contributed by atoms with van der Waals surface area (Å²) in [4.78, 5) is 14.0. The average Bonchev–Trinajstić information content (AvgIpc) is 3.12. The van der Waals surface area contributed by atoms with Crippen molar-refractivity contribution >= 4 is 11.8 Å². The molecule has 6 nitrogen and oxygen atoms in total.